The van der Waals surface area contributed by atoms with Crippen LogP contribution >= 0.6 is 0 Å². The number of amides is 2. The highest BCUT2D eigenvalue weighted by atomic mass is 16.2. The smallest absolute Gasteiger partial charge is 0.253 e. The third-order valence-electron chi connectivity index (χ3n) is 5.28. The lowest BCUT2D eigenvalue weighted by molar-refractivity contribution is 0.0696. The van der Waals surface area contributed by atoms with Gasteiger partial charge in [-0.05, 0) is 67.1 Å². The van der Waals surface area contributed by atoms with Gasteiger partial charge in [0.05, 0.1) is 0 Å². The van der Waals surface area contributed by atoms with Gasteiger partial charge in [-0.2, -0.15) is 0 Å². The molecule has 0 N–H and O–H groups in total. The molecule has 0 aliphatic carbocycles. The Balaban J connectivity index is 1.57. The summed E-state index contributed by atoms with van der Waals surface area (Å²) in [5, 5.41) is 0. The molecule has 1 aromatic carbocycles. The van der Waals surface area contributed by atoms with Crippen molar-refractivity contribution in [2.75, 3.05) is 26.7 Å². The van der Waals surface area contributed by atoms with E-state index < -0.39 is 0 Å². The number of carbonyl (C=O) groups excluding carboxylic acids is 2. The van der Waals surface area contributed by atoms with Gasteiger partial charge in [0.2, 0.25) is 0 Å². The lowest BCUT2D eigenvalue weighted by Crippen LogP contribution is -2.37. The van der Waals surface area contributed by atoms with E-state index in [4.69, 9.17) is 0 Å². The number of pyridine rings is 1. The molecule has 5 heteroatoms. The summed E-state index contributed by atoms with van der Waals surface area (Å²) < 4.78 is 0. The largest absolute Gasteiger partial charge is 0.341 e. The number of piperidine rings is 1. The highest BCUT2D eigenvalue weighted by Crippen LogP contribution is 2.18. The normalized spacial score (nSPS) is 14.8. The highest BCUT2D eigenvalue weighted by molar-refractivity contribution is 5.97. The zero-order valence-corrected chi connectivity index (χ0v) is 16.1. The predicted molar refractivity (Wildman–Crippen MR) is 106 cm³/mol. The van der Waals surface area contributed by atoms with E-state index in [1.54, 1.807) is 48.6 Å². The summed E-state index contributed by atoms with van der Waals surface area (Å²) in [5.41, 5.74) is 2.41. The number of aromatic nitrogens is 1. The number of hydrogen-bond acceptors (Lipinski definition) is 3. The number of benzene rings is 1. The summed E-state index contributed by atoms with van der Waals surface area (Å²) in [6.07, 6.45) is 6.43. The summed E-state index contributed by atoms with van der Waals surface area (Å²) in [4.78, 5) is 32.8. The molecular weight excluding hydrogens is 338 g/mol. The summed E-state index contributed by atoms with van der Waals surface area (Å²) in [6, 6.07) is 11.0. The first-order chi connectivity index (χ1) is 13.0. The Morgan fingerprint density at radius 2 is 1.63 bits per heavy atom. The van der Waals surface area contributed by atoms with Crippen LogP contribution in [0.4, 0.5) is 0 Å². The monoisotopic (exact) mass is 365 g/mol. The molecule has 0 bridgehead atoms. The van der Waals surface area contributed by atoms with Gasteiger partial charge in [0.1, 0.15) is 0 Å². The predicted octanol–water partition coefficient (Wildman–Crippen LogP) is 3.27. The minimum absolute atomic E-state index is 0.0325. The lowest BCUT2D eigenvalue weighted by Gasteiger charge is -2.30. The molecule has 2 amide bonds. The lowest BCUT2D eigenvalue weighted by atomic mass is 9.98. The molecule has 2 heterocycles. The second kappa shape index (κ2) is 8.80. The number of hydrogen-bond donors (Lipinski definition) is 0. The highest BCUT2D eigenvalue weighted by Gasteiger charge is 2.21. The van der Waals surface area contributed by atoms with E-state index in [1.807, 2.05) is 17.0 Å². The molecule has 1 aliphatic rings. The maximum Gasteiger partial charge on any atom is 0.253 e. The summed E-state index contributed by atoms with van der Waals surface area (Å²) in [7, 11) is 1.80. The third kappa shape index (κ3) is 4.94. The number of carbonyl (C=O) groups is 2. The van der Waals surface area contributed by atoms with Crippen molar-refractivity contribution in [3.63, 3.8) is 0 Å². The molecule has 1 aromatic heterocycles. The maximum absolute atomic E-state index is 12.6. The van der Waals surface area contributed by atoms with Crippen LogP contribution in [-0.2, 0) is 6.42 Å². The van der Waals surface area contributed by atoms with E-state index in [0.717, 1.165) is 37.9 Å². The first-order valence-electron chi connectivity index (χ1n) is 9.58. The van der Waals surface area contributed by atoms with Crippen LogP contribution in [0.15, 0.2) is 48.8 Å². The molecule has 1 fully saturated rings. The van der Waals surface area contributed by atoms with Gasteiger partial charge in [-0.3, -0.25) is 14.6 Å². The molecule has 0 spiro atoms. The molecule has 27 heavy (non-hydrogen) atoms. The first kappa shape index (κ1) is 19.1. The first-order valence-corrected chi connectivity index (χ1v) is 9.58. The zero-order chi connectivity index (χ0) is 19.2. The van der Waals surface area contributed by atoms with Crippen molar-refractivity contribution in [2.24, 2.45) is 5.92 Å². The number of rotatable bonds is 5. The van der Waals surface area contributed by atoms with Crippen molar-refractivity contribution in [1.82, 2.24) is 14.8 Å². The van der Waals surface area contributed by atoms with E-state index in [1.165, 1.54) is 0 Å². The van der Waals surface area contributed by atoms with Crippen LogP contribution < -0.4 is 0 Å². The van der Waals surface area contributed by atoms with E-state index in [0.29, 0.717) is 23.6 Å². The van der Waals surface area contributed by atoms with Gasteiger partial charge in [0, 0.05) is 50.2 Å². The van der Waals surface area contributed by atoms with Crippen molar-refractivity contribution in [1.29, 1.82) is 0 Å². The molecule has 0 saturated carbocycles. The van der Waals surface area contributed by atoms with Crippen LogP contribution in [0.3, 0.4) is 0 Å². The molecule has 2 aromatic rings. The minimum atomic E-state index is -0.0325. The van der Waals surface area contributed by atoms with E-state index in [2.05, 4.69) is 11.9 Å². The van der Waals surface area contributed by atoms with Crippen LogP contribution in [0.1, 0.15) is 46.0 Å². The van der Waals surface area contributed by atoms with E-state index in [9.17, 15) is 9.59 Å². The molecule has 1 saturated heterocycles. The van der Waals surface area contributed by atoms with Crippen molar-refractivity contribution in [3.8, 4) is 0 Å². The van der Waals surface area contributed by atoms with Crippen LogP contribution in [0.5, 0.6) is 0 Å². The molecule has 5 nitrogen and oxygen atoms in total. The van der Waals surface area contributed by atoms with Gasteiger partial charge in [-0.1, -0.05) is 6.92 Å². The van der Waals surface area contributed by atoms with Gasteiger partial charge >= 0.3 is 0 Å². The average molecular weight is 365 g/mol. The van der Waals surface area contributed by atoms with E-state index >= 15 is 0 Å². The molecule has 3 rings (SSSR count). The van der Waals surface area contributed by atoms with Gasteiger partial charge in [0.25, 0.3) is 11.8 Å². The Labute approximate surface area is 161 Å². The van der Waals surface area contributed by atoms with Crippen LogP contribution in [0.2, 0.25) is 0 Å². The second-order valence-corrected chi connectivity index (χ2v) is 7.38. The Kier molecular flexibility index (Phi) is 6.22. The molecular formula is C22H27N3O2. The average Bonchev–Trinajstić information content (AvgIpc) is 2.72. The second-order valence-electron chi connectivity index (χ2n) is 7.38. The number of likely N-dealkylation sites (tertiary alicyclic amines) is 1. The topological polar surface area (TPSA) is 53.5 Å². The fraction of sp³-hybridized carbons (Fsp3) is 0.409. The Morgan fingerprint density at radius 3 is 2.26 bits per heavy atom. The molecule has 142 valence electrons. The summed E-state index contributed by atoms with van der Waals surface area (Å²) in [5.74, 6) is 0.721. The Morgan fingerprint density at radius 1 is 1.04 bits per heavy atom. The SMILES string of the molecule is CC1CCN(C(=O)c2ccc(C(=O)N(C)CCc3ccncc3)cc2)CC1. The maximum atomic E-state index is 12.6. The third-order valence-corrected chi connectivity index (χ3v) is 5.28. The summed E-state index contributed by atoms with van der Waals surface area (Å²) >= 11 is 0. The Hall–Kier alpha value is -2.69. The van der Waals surface area contributed by atoms with Gasteiger partial charge in [0.15, 0.2) is 0 Å². The molecule has 0 radical (unpaired) electrons. The molecule has 0 unspecified atom stereocenters. The van der Waals surface area contributed by atoms with Crippen LogP contribution in [0, 0.1) is 5.92 Å². The van der Waals surface area contributed by atoms with Gasteiger partial charge < -0.3 is 9.80 Å². The van der Waals surface area contributed by atoms with Crippen molar-refractivity contribution in [3.05, 3.63) is 65.5 Å². The quantitative estimate of drug-likeness (QED) is 0.817. The van der Waals surface area contributed by atoms with Crippen molar-refractivity contribution in [2.45, 2.75) is 26.2 Å². The molecule has 0 atom stereocenters. The number of likely N-dealkylation sites (N-methyl/N-ethyl adjacent to an activating group) is 1. The zero-order valence-electron chi connectivity index (χ0n) is 16.1. The van der Waals surface area contributed by atoms with Crippen LogP contribution in [-0.4, -0.2) is 53.3 Å². The van der Waals surface area contributed by atoms with Crippen molar-refractivity contribution < 1.29 is 9.59 Å². The Bertz CT molecular complexity index is 766. The minimum Gasteiger partial charge on any atom is -0.341 e. The van der Waals surface area contributed by atoms with Gasteiger partial charge in [-0.15, -0.1) is 0 Å². The standard InChI is InChI=1S/C22H27N3O2/c1-17-9-15-25(16-10-17)22(27)20-5-3-19(4-6-20)21(26)24(2)14-11-18-7-12-23-13-8-18/h3-8,12-13,17H,9-11,14-16H2,1-2H3. The summed E-state index contributed by atoms with van der Waals surface area (Å²) in [6.45, 7) is 4.50. The van der Waals surface area contributed by atoms with Crippen LogP contribution in [0.25, 0.3) is 0 Å². The molecule has 1 aliphatic heterocycles. The fourth-order valence-corrected chi connectivity index (χ4v) is 3.32. The van der Waals surface area contributed by atoms with E-state index in [-0.39, 0.29) is 11.8 Å². The van der Waals surface area contributed by atoms with Gasteiger partial charge in [-0.25, -0.2) is 0 Å². The number of nitrogens with zero attached hydrogens (tertiary/aromatic N) is 3. The fourth-order valence-electron chi connectivity index (χ4n) is 3.32. The van der Waals surface area contributed by atoms with Crippen molar-refractivity contribution >= 4 is 11.8 Å².